The van der Waals surface area contributed by atoms with Crippen LogP contribution in [0.25, 0.3) is 0 Å². The minimum Gasteiger partial charge on any atom is -0.497 e. The van der Waals surface area contributed by atoms with Crippen LogP contribution in [0.2, 0.25) is 0 Å². The summed E-state index contributed by atoms with van der Waals surface area (Å²) in [6, 6.07) is 6.00. The molecule has 0 aliphatic rings. The Morgan fingerprint density at radius 1 is 1.11 bits per heavy atom. The van der Waals surface area contributed by atoms with Crippen LogP contribution in [0, 0.1) is 0 Å². The Labute approximate surface area is 116 Å². The highest BCUT2D eigenvalue weighted by atomic mass is 16.5. The van der Waals surface area contributed by atoms with E-state index < -0.39 is 0 Å². The second-order valence-corrected chi connectivity index (χ2v) is 4.33. The first kappa shape index (κ1) is 15.8. The molecule has 2 unspecified atom stereocenters. The summed E-state index contributed by atoms with van der Waals surface area (Å²) < 4.78 is 16.3. The Morgan fingerprint density at radius 2 is 1.84 bits per heavy atom. The molecule has 0 aromatic heterocycles. The van der Waals surface area contributed by atoms with Crippen LogP contribution in [0.5, 0.6) is 11.5 Å². The third-order valence-corrected chi connectivity index (χ3v) is 3.28. The van der Waals surface area contributed by atoms with Gasteiger partial charge in [-0.3, -0.25) is 0 Å². The molecule has 0 saturated heterocycles. The lowest BCUT2D eigenvalue weighted by Crippen LogP contribution is -2.33. The van der Waals surface area contributed by atoms with Crippen molar-refractivity contribution in [2.75, 3.05) is 27.9 Å². The summed E-state index contributed by atoms with van der Waals surface area (Å²) in [5, 5.41) is 3.47. The van der Waals surface area contributed by atoms with Crippen molar-refractivity contribution in [1.29, 1.82) is 0 Å². The van der Waals surface area contributed by atoms with Crippen LogP contribution in [0.3, 0.4) is 0 Å². The zero-order chi connectivity index (χ0) is 14.3. The molecule has 0 bridgehead atoms. The monoisotopic (exact) mass is 267 g/mol. The van der Waals surface area contributed by atoms with E-state index in [1.807, 2.05) is 18.2 Å². The van der Waals surface area contributed by atoms with E-state index in [0.717, 1.165) is 30.0 Å². The van der Waals surface area contributed by atoms with Crippen molar-refractivity contribution in [3.63, 3.8) is 0 Å². The van der Waals surface area contributed by atoms with Gasteiger partial charge in [-0.15, -0.1) is 0 Å². The molecular formula is C15H25NO3. The summed E-state index contributed by atoms with van der Waals surface area (Å²) >= 11 is 0. The van der Waals surface area contributed by atoms with Crippen molar-refractivity contribution in [3.05, 3.63) is 23.8 Å². The van der Waals surface area contributed by atoms with E-state index in [4.69, 9.17) is 14.2 Å². The van der Waals surface area contributed by atoms with Crippen molar-refractivity contribution in [2.24, 2.45) is 0 Å². The number of hydrogen-bond donors (Lipinski definition) is 1. The molecule has 1 N–H and O–H groups in total. The molecule has 0 fully saturated rings. The molecule has 1 rings (SSSR count). The van der Waals surface area contributed by atoms with Gasteiger partial charge in [-0.2, -0.15) is 0 Å². The molecule has 4 heteroatoms. The van der Waals surface area contributed by atoms with Gasteiger partial charge in [0.15, 0.2) is 0 Å². The number of benzene rings is 1. The maximum Gasteiger partial charge on any atom is 0.127 e. The van der Waals surface area contributed by atoms with Crippen LogP contribution in [0.4, 0.5) is 0 Å². The Kier molecular flexibility index (Phi) is 6.67. The van der Waals surface area contributed by atoms with E-state index in [2.05, 4.69) is 19.2 Å². The molecular weight excluding hydrogens is 242 g/mol. The Morgan fingerprint density at radius 3 is 2.32 bits per heavy atom. The fraction of sp³-hybridized carbons (Fsp3) is 0.600. The highest BCUT2D eigenvalue weighted by Gasteiger charge is 2.24. The van der Waals surface area contributed by atoms with Crippen LogP contribution in [0.1, 0.15) is 31.9 Å². The molecule has 0 aliphatic carbocycles. The molecule has 1 aromatic rings. The number of rotatable bonds is 8. The average molecular weight is 267 g/mol. The summed E-state index contributed by atoms with van der Waals surface area (Å²) in [4.78, 5) is 0. The molecule has 0 amide bonds. The predicted octanol–water partition coefficient (Wildman–Crippen LogP) is 2.78. The number of hydrogen-bond acceptors (Lipinski definition) is 4. The minimum absolute atomic E-state index is 0.112. The van der Waals surface area contributed by atoms with Crippen molar-refractivity contribution in [2.45, 2.75) is 32.4 Å². The second kappa shape index (κ2) is 8.02. The van der Waals surface area contributed by atoms with Gasteiger partial charge >= 0.3 is 0 Å². The smallest absolute Gasteiger partial charge is 0.127 e. The van der Waals surface area contributed by atoms with Crippen LogP contribution < -0.4 is 14.8 Å². The molecule has 0 heterocycles. The van der Waals surface area contributed by atoms with Crippen LogP contribution >= 0.6 is 0 Å². The van der Waals surface area contributed by atoms with Gasteiger partial charge in [-0.05, 0) is 25.1 Å². The zero-order valence-electron chi connectivity index (χ0n) is 12.5. The molecule has 19 heavy (non-hydrogen) atoms. The Bertz CT molecular complexity index is 378. The van der Waals surface area contributed by atoms with Crippen molar-refractivity contribution >= 4 is 0 Å². The lowest BCUT2D eigenvalue weighted by molar-refractivity contribution is 0.0647. The maximum absolute atomic E-state index is 5.58. The van der Waals surface area contributed by atoms with E-state index in [9.17, 15) is 0 Å². The summed E-state index contributed by atoms with van der Waals surface area (Å²) in [5.74, 6) is 1.61. The molecule has 0 spiro atoms. The first-order valence-corrected chi connectivity index (χ1v) is 6.69. The van der Waals surface area contributed by atoms with E-state index in [1.54, 1.807) is 21.3 Å². The van der Waals surface area contributed by atoms with Gasteiger partial charge in [0.25, 0.3) is 0 Å². The molecule has 0 saturated carbocycles. The quantitative estimate of drug-likeness (QED) is 0.786. The lowest BCUT2D eigenvalue weighted by Gasteiger charge is -2.27. The summed E-state index contributed by atoms with van der Waals surface area (Å²) in [6.45, 7) is 5.08. The average Bonchev–Trinajstić information content (AvgIpc) is 2.46. The van der Waals surface area contributed by atoms with Crippen molar-refractivity contribution in [1.82, 2.24) is 5.32 Å². The van der Waals surface area contributed by atoms with Crippen LogP contribution in [-0.4, -0.2) is 34.0 Å². The third kappa shape index (κ3) is 3.85. The van der Waals surface area contributed by atoms with Gasteiger partial charge in [-0.1, -0.05) is 13.8 Å². The summed E-state index contributed by atoms with van der Waals surface area (Å²) in [6.07, 6.45) is 1.05. The second-order valence-electron chi connectivity index (χ2n) is 4.33. The largest absolute Gasteiger partial charge is 0.497 e. The Balaban J connectivity index is 3.13. The summed E-state index contributed by atoms with van der Waals surface area (Å²) in [7, 11) is 5.07. The Hall–Kier alpha value is -1.26. The molecule has 4 nitrogen and oxygen atoms in total. The normalized spacial score (nSPS) is 13.9. The van der Waals surface area contributed by atoms with Gasteiger partial charge in [0, 0.05) is 18.7 Å². The number of likely N-dealkylation sites (N-methyl/N-ethyl adjacent to an activating group) is 1. The fourth-order valence-corrected chi connectivity index (χ4v) is 2.28. The SMILES string of the molecule is CCNC(c1ccc(OC)cc1OC)C(CC)OC. The molecule has 1 aromatic carbocycles. The standard InChI is InChI=1S/C15H25NO3/c1-6-13(18-4)15(16-7-2)12-9-8-11(17-3)10-14(12)19-5/h8-10,13,15-16H,6-7H2,1-5H3. The van der Waals surface area contributed by atoms with Gasteiger partial charge in [-0.25, -0.2) is 0 Å². The first-order chi connectivity index (χ1) is 9.21. The molecule has 2 atom stereocenters. The molecule has 0 radical (unpaired) electrons. The van der Waals surface area contributed by atoms with E-state index >= 15 is 0 Å². The maximum atomic E-state index is 5.58. The highest BCUT2D eigenvalue weighted by Crippen LogP contribution is 2.32. The first-order valence-electron chi connectivity index (χ1n) is 6.69. The minimum atomic E-state index is 0.112. The molecule has 108 valence electrons. The van der Waals surface area contributed by atoms with Crippen LogP contribution in [0.15, 0.2) is 18.2 Å². The van der Waals surface area contributed by atoms with E-state index in [-0.39, 0.29) is 12.1 Å². The van der Waals surface area contributed by atoms with Gasteiger partial charge in [0.1, 0.15) is 11.5 Å². The number of ether oxygens (including phenoxy) is 3. The fourth-order valence-electron chi connectivity index (χ4n) is 2.28. The van der Waals surface area contributed by atoms with Gasteiger partial charge in [0.2, 0.25) is 0 Å². The van der Waals surface area contributed by atoms with E-state index in [0.29, 0.717) is 0 Å². The van der Waals surface area contributed by atoms with Crippen molar-refractivity contribution < 1.29 is 14.2 Å². The van der Waals surface area contributed by atoms with Gasteiger partial charge < -0.3 is 19.5 Å². The number of nitrogens with one attached hydrogen (secondary N) is 1. The van der Waals surface area contributed by atoms with Crippen molar-refractivity contribution in [3.8, 4) is 11.5 Å². The highest BCUT2D eigenvalue weighted by molar-refractivity contribution is 5.43. The lowest BCUT2D eigenvalue weighted by atomic mass is 9.98. The molecule has 0 aliphatic heterocycles. The summed E-state index contributed by atoms with van der Waals surface area (Å²) in [5.41, 5.74) is 1.10. The van der Waals surface area contributed by atoms with Gasteiger partial charge in [0.05, 0.1) is 26.4 Å². The number of methoxy groups -OCH3 is 3. The third-order valence-electron chi connectivity index (χ3n) is 3.28. The topological polar surface area (TPSA) is 39.7 Å². The zero-order valence-corrected chi connectivity index (χ0v) is 12.5. The predicted molar refractivity (Wildman–Crippen MR) is 77.1 cm³/mol. The van der Waals surface area contributed by atoms with Crippen LogP contribution in [-0.2, 0) is 4.74 Å². The van der Waals surface area contributed by atoms with E-state index in [1.165, 1.54) is 0 Å².